The maximum Gasteiger partial charge on any atom is 0.107 e. The number of aryl methyl sites for hydroxylation is 1. The molecule has 2 aromatic heterocycles. The van der Waals surface area contributed by atoms with Crippen LogP contribution in [0.5, 0.6) is 0 Å². The van der Waals surface area contributed by atoms with E-state index >= 15 is 0 Å². The van der Waals surface area contributed by atoms with Crippen LogP contribution in [0.1, 0.15) is 11.5 Å². The van der Waals surface area contributed by atoms with Crippen LogP contribution < -0.4 is 5.32 Å². The molecule has 0 radical (unpaired) electrons. The van der Waals surface area contributed by atoms with Crippen LogP contribution in [0, 0.1) is 0 Å². The molecule has 0 atom stereocenters. The molecule has 5 nitrogen and oxygen atoms in total. The van der Waals surface area contributed by atoms with Crippen molar-refractivity contribution in [3.8, 4) is 0 Å². The van der Waals surface area contributed by atoms with E-state index in [1.165, 1.54) is 5.69 Å². The minimum atomic E-state index is 0.844. The lowest BCUT2D eigenvalue weighted by Crippen LogP contribution is -2.18. The van der Waals surface area contributed by atoms with Gasteiger partial charge in [-0.05, 0) is 0 Å². The summed E-state index contributed by atoms with van der Waals surface area (Å²) in [6, 6.07) is 0. The molecule has 15 heavy (non-hydrogen) atoms. The molecule has 0 spiro atoms. The van der Waals surface area contributed by atoms with Gasteiger partial charge in [-0.2, -0.15) is 0 Å². The Balaban J connectivity index is 1.70. The zero-order chi connectivity index (χ0) is 10.5. The summed E-state index contributed by atoms with van der Waals surface area (Å²) in [6.45, 7) is 1.76. The molecule has 80 valence electrons. The highest BCUT2D eigenvalue weighted by atomic mass is 15.0. The molecule has 0 aliphatic heterocycles. The van der Waals surface area contributed by atoms with Crippen molar-refractivity contribution in [3.05, 3.63) is 36.4 Å². The highest BCUT2D eigenvalue weighted by Gasteiger charge is 1.98. The first-order valence-corrected chi connectivity index (χ1v) is 5.00. The Labute approximate surface area is 88.6 Å². The van der Waals surface area contributed by atoms with Gasteiger partial charge in [0.1, 0.15) is 5.82 Å². The first-order valence-electron chi connectivity index (χ1n) is 5.00. The molecular formula is C10H15N5. The highest BCUT2D eigenvalue weighted by Crippen LogP contribution is 1.95. The van der Waals surface area contributed by atoms with Gasteiger partial charge in [0.15, 0.2) is 0 Å². The van der Waals surface area contributed by atoms with Crippen LogP contribution in [0.3, 0.4) is 0 Å². The van der Waals surface area contributed by atoms with Crippen LogP contribution in [0.2, 0.25) is 0 Å². The van der Waals surface area contributed by atoms with Gasteiger partial charge in [0.05, 0.1) is 12.0 Å². The molecule has 0 bridgehead atoms. The lowest BCUT2D eigenvalue weighted by molar-refractivity contribution is 0.644. The van der Waals surface area contributed by atoms with E-state index in [-0.39, 0.29) is 0 Å². The second kappa shape index (κ2) is 4.75. The Morgan fingerprint density at radius 1 is 1.53 bits per heavy atom. The Hall–Kier alpha value is -1.62. The summed E-state index contributed by atoms with van der Waals surface area (Å²) in [6.07, 6.45) is 8.22. The number of rotatable bonds is 5. The SMILES string of the molecule is Cn1cncc1CNCCc1ncc[nH]1. The van der Waals surface area contributed by atoms with E-state index in [9.17, 15) is 0 Å². The maximum atomic E-state index is 4.16. The zero-order valence-corrected chi connectivity index (χ0v) is 8.77. The van der Waals surface area contributed by atoms with E-state index < -0.39 is 0 Å². The molecule has 0 saturated heterocycles. The number of nitrogens with one attached hydrogen (secondary N) is 2. The molecule has 0 unspecified atom stereocenters. The van der Waals surface area contributed by atoms with E-state index in [2.05, 4.69) is 20.3 Å². The van der Waals surface area contributed by atoms with Crippen molar-refractivity contribution in [2.75, 3.05) is 6.54 Å². The van der Waals surface area contributed by atoms with Crippen LogP contribution in [0.25, 0.3) is 0 Å². The Kier molecular flexibility index (Phi) is 3.14. The molecular weight excluding hydrogens is 190 g/mol. The van der Waals surface area contributed by atoms with E-state index in [4.69, 9.17) is 0 Å². The van der Waals surface area contributed by atoms with Crippen molar-refractivity contribution >= 4 is 0 Å². The number of nitrogens with zero attached hydrogens (tertiary/aromatic N) is 3. The van der Waals surface area contributed by atoms with Crippen LogP contribution >= 0.6 is 0 Å². The first-order chi connectivity index (χ1) is 7.36. The summed E-state index contributed by atoms with van der Waals surface area (Å²) < 4.78 is 2.01. The van der Waals surface area contributed by atoms with Crippen molar-refractivity contribution < 1.29 is 0 Å². The second-order valence-corrected chi connectivity index (χ2v) is 3.46. The predicted molar refractivity (Wildman–Crippen MR) is 57.2 cm³/mol. The summed E-state index contributed by atoms with van der Waals surface area (Å²) in [4.78, 5) is 11.3. The third kappa shape index (κ3) is 2.66. The van der Waals surface area contributed by atoms with Gasteiger partial charge in [-0.1, -0.05) is 0 Å². The van der Waals surface area contributed by atoms with Gasteiger partial charge >= 0.3 is 0 Å². The lowest BCUT2D eigenvalue weighted by atomic mass is 10.4. The number of hydrogen-bond donors (Lipinski definition) is 2. The van der Waals surface area contributed by atoms with Crippen LogP contribution in [0.15, 0.2) is 24.9 Å². The molecule has 2 N–H and O–H groups in total. The molecule has 0 aromatic carbocycles. The summed E-state index contributed by atoms with van der Waals surface area (Å²) in [5, 5.41) is 3.35. The molecule has 0 aliphatic rings. The van der Waals surface area contributed by atoms with Gasteiger partial charge < -0.3 is 14.9 Å². The quantitative estimate of drug-likeness (QED) is 0.698. The normalized spacial score (nSPS) is 10.7. The van der Waals surface area contributed by atoms with Crippen molar-refractivity contribution in [1.82, 2.24) is 24.8 Å². The van der Waals surface area contributed by atoms with E-state index in [0.29, 0.717) is 0 Å². The van der Waals surface area contributed by atoms with Gasteiger partial charge in [-0.25, -0.2) is 9.97 Å². The Bertz CT molecular complexity index is 390. The fourth-order valence-electron chi connectivity index (χ4n) is 1.41. The maximum absolute atomic E-state index is 4.16. The van der Waals surface area contributed by atoms with Gasteiger partial charge in [-0.15, -0.1) is 0 Å². The lowest BCUT2D eigenvalue weighted by Gasteiger charge is -2.03. The van der Waals surface area contributed by atoms with Crippen molar-refractivity contribution in [1.29, 1.82) is 0 Å². The Morgan fingerprint density at radius 3 is 3.13 bits per heavy atom. The molecule has 0 amide bonds. The fraction of sp³-hybridized carbons (Fsp3) is 0.400. The van der Waals surface area contributed by atoms with Crippen LogP contribution in [0.4, 0.5) is 0 Å². The van der Waals surface area contributed by atoms with E-state index in [1.807, 2.05) is 30.3 Å². The van der Waals surface area contributed by atoms with Crippen LogP contribution in [-0.2, 0) is 20.0 Å². The highest BCUT2D eigenvalue weighted by molar-refractivity contribution is 4.97. The second-order valence-electron chi connectivity index (χ2n) is 3.46. The number of aromatic nitrogens is 4. The Morgan fingerprint density at radius 2 is 2.47 bits per heavy atom. The summed E-state index contributed by atoms with van der Waals surface area (Å²) in [7, 11) is 2.00. The average Bonchev–Trinajstić information content (AvgIpc) is 2.85. The van der Waals surface area contributed by atoms with Gasteiger partial charge in [0, 0.05) is 45.1 Å². The number of hydrogen-bond acceptors (Lipinski definition) is 3. The summed E-state index contributed by atoms with van der Waals surface area (Å²) >= 11 is 0. The summed E-state index contributed by atoms with van der Waals surface area (Å²) in [5.74, 6) is 1.02. The van der Waals surface area contributed by atoms with Crippen LogP contribution in [-0.4, -0.2) is 26.1 Å². The molecule has 0 saturated carbocycles. The smallest absolute Gasteiger partial charge is 0.107 e. The van der Waals surface area contributed by atoms with E-state index in [0.717, 1.165) is 25.3 Å². The van der Waals surface area contributed by atoms with Crippen molar-refractivity contribution in [3.63, 3.8) is 0 Å². The minimum absolute atomic E-state index is 0.844. The van der Waals surface area contributed by atoms with Gasteiger partial charge in [0.2, 0.25) is 0 Å². The average molecular weight is 205 g/mol. The first kappa shape index (κ1) is 9.92. The number of imidazole rings is 2. The molecule has 2 aromatic rings. The molecule has 2 rings (SSSR count). The number of H-pyrrole nitrogens is 1. The van der Waals surface area contributed by atoms with Gasteiger partial charge in [0.25, 0.3) is 0 Å². The molecule has 0 aliphatic carbocycles. The predicted octanol–water partition coefficient (Wildman–Crippen LogP) is 0.475. The number of aromatic amines is 1. The third-order valence-electron chi connectivity index (χ3n) is 2.32. The molecule has 5 heteroatoms. The van der Waals surface area contributed by atoms with E-state index in [1.54, 1.807) is 6.20 Å². The fourth-order valence-corrected chi connectivity index (χ4v) is 1.41. The van der Waals surface area contributed by atoms with Crippen molar-refractivity contribution in [2.24, 2.45) is 7.05 Å². The zero-order valence-electron chi connectivity index (χ0n) is 8.77. The standard InChI is InChI=1S/C10H15N5/c1-15-8-12-7-9(15)6-11-3-2-10-13-4-5-14-10/h4-5,7-8,11H,2-3,6H2,1H3,(H,13,14). The topological polar surface area (TPSA) is 58.5 Å². The monoisotopic (exact) mass is 205 g/mol. The minimum Gasteiger partial charge on any atom is -0.349 e. The summed E-state index contributed by atoms with van der Waals surface area (Å²) in [5.41, 5.74) is 1.19. The largest absolute Gasteiger partial charge is 0.349 e. The third-order valence-corrected chi connectivity index (χ3v) is 2.32. The van der Waals surface area contributed by atoms with Gasteiger partial charge in [-0.3, -0.25) is 0 Å². The molecule has 0 fully saturated rings. The van der Waals surface area contributed by atoms with Crippen molar-refractivity contribution in [2.45, 2.75) is 13.0 Å². The molecule has 2 heterocycles.